The highest BCUT2D eigenvalue weighted by Gasteiger charge is 2.14. The maximum Gasteiger partial charge on any atom is 0.347 e. The minimum atomic E-state index is -0.527. The van der Waals surface area contributed by atoms with Crippen LogP contribution in [0.15, 0.2) is 78.9 Å². The van der Waals surface area contributed by atoms with Gasteiger partial charge in [-0.2, -0.15) is 0 Å². The molecule has 5 nitrogen and oxygen atoms in total. The van der Waals surface area contributed by atoms with Crippen LogP contribution in [0.3, 0.4) is 0 Å². The third-order valence-electron chi connectivity index (χ3n) is 4.22. The summed E-state index contributed by atoms with van der Waals surface area (Å²) < 4.78 is 15.6. The van der Waals surface area contributed by atoms with Crippen LogP contribution >= 0.6 is 0 Å². The molecule has 3 aromatic rings. The predicted octanol–water partition coefficient (Wildman–Crippen LogP) is 4.82. The molecule has 3 aromatic carbocycles. The monoisotopic (exact) mass is 388 g/mol. The Balaban J connectivity index is 1.65. The van der Waals surface area contributed by atoms with Gasteiger partial charge in [0, 0.05) is 5.56 Å². The molecule has 146 valence electrons. The van der Waals surface area contributed by atoms with Crippen LogP contribution in [0.5, 0.6) is 17.2 Å². The zero-order valence-electron chi connectivity index (χ0n) is 16.1. The number of carbonyl (C=O) groups excluding carboxylic acids is 2. The van der Waals surface area contributed by atoms with Crippen molar-refractivity contribution >= 4 is 17.8 Å². The van der Waals surface area contributed by atoms with Crippen molar-refractivity contribution < 1.29 is 23.8 Å². The van der Waals surface area contributed by atoms with Crippen molar-refractivity contribution in [2.24, 2.45) is 0 Å². The normalized spacial score (nSPS) is 10.6. The summed E-state index contributed by atoms with van der Waals surface area (Å²) in [6.07, 6.45) is 3.23. The molecule has 0 aromatic heterocycles. The Morgan fingerprint density at radius 1 is 0.759 bits per heavy atom. The van der Waals surface area contributed by atoms with Crippen LogP contribution in [0.4, 0.5) is 0 Å². The van der Waals surface area contributed by atoms with Crippen molar-refractivity contribution in [2.45, 2.75) is 0 Å². The highest BCUT2D eigenvalue weighted by Crippen LogP contribution is 2.21. The van der Waals surface area contributed by atoms with Crippen LogP contribution in [0, 0.1) is 0 Å². The predicted molar refractivity (Wildman–Crippen MR) is 111 cm³/mol. The van der Waals surface area contributed by atoms with Crippen molar-refractivity contribution in [1.29, 1.82) is 0 Å². The molecule has 0 unspecified atom stereocenters. The number of allylic oxidation sites excluding steroid dienone is 1. The van der Waals surface area contributed by atoms with Gasteiger partial charge in [-0.3, -0.25) is 4.79 Å². The van der Waals surface area contributed by atoms with E-state index in [1.807, 2.05) is 24.3 Å². The number of ketones is 1. The molecule has 29 heavy (non-hydrogen) atoms. The van der Waals surface area contributed by atoms with Crippen LogP contribution < -0.4 is 14.2 Å². The van der Waals surface area contributed by atoms with E-state index in [4.69, 9.17) is 14.2 Å². The fourth-order valence-electron chi connectivity index (χ4n) is 2.65. The van der Waals surface area contributed by atoms with Crippen LogP contribution in [-0.2, 0) is 0 Å². The summed E-state index contributed by atoms with van der Waals surface area (Å²) in [4.78, 5) is 24.7. The van der Waals surface area contributed by atoms with Gasteiger partial charge in [-0.05, 0) is 60.2 Å². The Hall–Kier alpha value is -3.86. The average Bonchev–Trinajstić information content (AvgIpc) is 2.78. The molecule has 0 N–H and O–H groups in total. The van der Waals surface area contributed by atoms with Gasteiger partial charge < -0.3 is 14.2 Å². The molecule has 0 spiro atoms. The van der Waals surface area contributed by atoms with Crippen molar-refractivity contribution in [1.82, 2.24) is 0 Å². The quantitative estimate of drug-likeness (QED) is 0.251. The van der Waals surface area contributed by atoms with Crippen LogP contribution in [-0.4, -0.2) is 26.0 Å². The third-order valence-corrected chi connectivity index (χ3v) is 4.22. The van der Waals surface area contributed by atoms with Gasteiger partial charge in [0.05, 0.1) is 14.2 Å². The summed E-state index contributed by atoms with van der Waals surface area (Å²) in [5, 5.41) is 0. The Kier molecular flexibility index (Phi) is 6.43. The van der Waals surface area contributed by atoms with Crippen molar-refractivity contribution in [3.8, 4) is 17.2 Å². The zero-order chi connectivity index (χ0) is 20.6. The minimum Gasteiger partial charge on any atom is -0.497 e. The van der Waals surface area contributed by atoms with E-state index in [2.05, 4.69) is 0 Å². The van der Waals surface area contributed by atoms with E-state index in [1.54, 1.807) is 61.7 Å². The largest absolute Gasteiger partial charge is 0.497 e. The van der Waals surface area contributed by atoms with Gasteiger partial charge in [0.25, 0.3) is 0 Å². The first-order valence-electron chi connectivity index (χ1n) is 8.92. The first-order chi connectivity index (χ1) is 14.1. The minimum absolute atomic E-state index is 0.150. The Bertz CT molecular complexity index is 1020. The lowest BCUT2D eigenvalue weighted by Crippen LogP contribution is -2.10. The van der Waals surface area contributed by atoms with E-state index < -0.39 is 5.97 Å². The summed E-state index contributed by atoms with van der Waals surface area (Å²) in [5.41, 5.74) is 1.71. The molecule has 0 aliphatic rings. The maximum atomic E-state index is 12.3. The summed E-state index contributed by atoms with van der Waals surface area (Å²) in [6.45, 7) is 0. The molecule has 0 atom stereocenters. The van der Waals surface area contributed by atoms with Gasteiger partial charge in [-0.1, -0.05) is 30.3 Å². The molecule has 0 aliphatic carbocycles. The Morgan fingerprint density at radius 2 is 1.41 bits per heavy atom. The zero-order valence-corrected chi connectivity index (χ0v) is 16.1. The van der Waals surface area contributed by atoms with Crippen molar-refractivity contribution in [2.75, 3.05) is 14.2 Å². The van der Waals surface area contributed by atoms with Gasteiger partial charge in [-0.25, -0.2) is 4.79 Å². The summed E-state index contributed by atoms with van der Waals surface area (Å²) in [6, 6.07) is 20.6. The molecule has 0 fully saturated rings. The second-order valence-corrected chi connectivity index (χ2v) is 6.08. The van der Waals surface area contributed by atoms with E-state index in [0.717, 1.165) is 11.3 Å². The highest BCUT2D eigenvalue weighted by atomic mass is 16.5. The average molecular weight is 388 g/mol. The van der Waals surface area contributed by atoms with Gasteiger partial charge in [-0.15, -0.1) is 0 Å². The number of ether oxygens (including phenoxy) is 3. The van der Waals surface area contributed by atoms with E-state index in [-0.39, 0.29) is 5.78 Å². The number of carbonyl (C=O) groups is 2. The van der Waals surface area contributed by atoms with Gasteiger partial charge >= 0.3 is 5.97 Å². The van der Waals surface area contributed by atoms with Crippen LogP contribution in [0.1, 0.15) is 26.3 Å². The van der Waals surface area contributed by atoms with Gasteiger partial charge in [0.1, 0.15) is 22.8 Å². The molecule has 0 radical (unpaired) electrons. The number of benzene rings is 3. The maximum absolute atomic E-state index is 12.3. The molecule has 0 aliphatic heterocycles. The number of para-hydroxylation sites is 1. The first-order valence-corrected chi connectivity index (χ1v) is 8.92. The number of hydrogen-bond donors (Lipinski definition) is 0. The summed E-state index contributed by atoms with van der Waals surface area (Å²) in [5.74, 6) is 0.862. The fraction of sp³-hybridized carbons (Fsp3) is 0.0833. The smallest absolute Gasteiger partial charge is 0.347 e. The summed E-state index contributed by atoms with van der Waals surface area (Å²) in [7, 11) is 3.09. The lowest BCUT2D eigenvalue weighted by atomic mass is 10.1. The van der Waals surface area contributed by atoms with Crippen molar-refractivity contribution in [3.63, 3.8) is 0 Å². The number of methoxy groups -OCH3 is 2. The second-order valence-electron chi connectivity index (χ2n) is 6.08. The summed E-state index contributed by atoms with van der Waals surface area (Å²) >= 11 is 0. The number of esters is 1. The van der Waals surface area contributed by atoms with E-state index in [9.17, 15) is 9.59 Å². The number of hydrogen-bond acceptors (Lipinski definition) is 5. The van der Waals surface area contributed by atoms with Crippen LogP contribution in [0.25, 0.3) is 6.08 Å². The molecular formula is C24H20O5. The Labute approximate surface area is 169 Å². The molecule has 0 heterocycles. The molecule has 0 saturated carbocycles. The van der Waals surface area contributed by atoms with E-state index >= 15 is 0 Å². The topological polar surface area (TPSA) is 61.8 Å². The molecule has 5 heteroatoms. The molecule has 0 amide bonds. The molecule has 3 rings (SSSR count). The highest BCUT2D eigenvalue weighted by molar-refractivity contribution is 6.06. The lowest BCUT2D eigenvalue weighted by molar-refractivity contribution is 0.0731. The SMILES string of the molecule is COc1ccc(C=CC(=O)c2ccc(OC(=O)c3ccccc3OC)cc2)cc1. The first kappa shape index (κ1) is 19.9. The fourth-order valence-corrected chi connectivity index (χ4v) is 2.65. The van der Waals surface area contributed by atoms with Gasteiger partial charge in [0.2, 0.25) is 0 Å². The van der Waals surface area contributed by atoms with Crippen LogP contribution in [0.2, 0.25) is 0 Å². The molecular weight excluding hydrogens is 368 g/mol. The van der Waals surface area contributed by atoms with E-state index in [0.29, 0.717) is 22.6 Å². The number of rotatable bonds is 7. The lowest BCUT2D eigenvalue weighted by Gasteiger charge is -2.08. The molecule has 0 saturated heterocycles. The van der Waals surface area contributed by atoms with Crippen molar-refractivity contribution in [3.05, 3.63) is 95.6 Å². The Morgan fingerprint density at radius 3 is 2.07 bits per heavy atom. The van der Waals surface area contributed by atoms with E-state index in [1.165, 1.54) is 13.2 Å². The van der Waals surface area contributed by atoms with Gasteiger partial charge in [0.15, 0.2) is 5.78 Å². The second kappa shape index (κ2) is 9.37. The standard InChI is InChI=1S/C24H20O5/c1-27-19-12-7-17(8-13-19)9-16-22(25)18-10-14-20(15-11-18)29-24(26)21-5-3-4-6-23(21)28-2/h3-16H,1-2H3. The third kappa shape index (κ3) is 5.11. The molecule has 0 bridgehead atoms.